The second kappa shape index (κ2) is 2.85. The maximum Gasteiger partial charge on any atom is 0.0658 e. The van der Waals surface area contributed by atoms with Crippen LogP contribution in [0.4, 0.5) is 0 Å². The van der Waals surface area contributed by atoms with E-state index in [2.05, 4.69) is 27.7 Å². The monoisotopic (exact) mass is 222 g/mol. The molecule has 3 fully saturated rings. The van der Waals surface area contributed by atoms with E-state index >= 15 is 0 Å². The summed E-state index contributed by atoms with van der Waals surface area (Å²) in [5.41, 5.74) is 0.625. The number of hydrogen-bond acceptors (Lipinski definition) is 1. The quantitative estimate of drug-likeness (QED) is 0.664. The average Bonchev–Trinajstić information content (AvgIpc) is 2.44. The van der Waals surface area contributed by atoms with Crippen molar-refractivity contribution in [2.45, 2.75) is 65.4 Å². The molecule has 0 aliphatic heterocycles. The summed E-state index contributed by atoms with van der Waals surface area (Å²) in [6.07, 6.45) is 6.49. The van der Waals surface area contributed by atoms with Crippen LogP contribution in [0.15, 0.2) is 0 Å². The molecule has 92 valence electrons. The zero-order valence-corrected chi connectivity index (χ0v) is 11.2. The highest BCUT2D eigenvalue weighted by Crippen LogP contribution is 2.72. The maximum absolute atomic E-state index is 10.5. The highest BCUT2D eigenvalue weighted by molar-refractivity contribution is 5.18. The van der Waals surface area contributed by atoms with Crippen LogP contribution in [0.2, 0.25) is 0 Å². The van der Waals surface area contributed by atoms with Crippen LogP contribution in [-0.2, 0) is 0 Å². The molecule has 0 aromatic rings. The summed E-state index contributed by atoms with van der Waals surface area (Å²) in [6, 6.07) is 0. The minimum absolute atomic E-state index is 0.361. The van der Waals surface area contributed by atoms with E-state index in [4.69, 9.17) is 0 Å². The van der Waals surface area contributed by atoms with Crippen molar-refractivity contribution in [3.63, 3.8) is 0 Å². The number of aliphatic hydroxyl groups is 1. The molecule has 0 saturated heterocycles. The lowest BCUT2D eigenvalue weighted by Gasteiger charge is -2.66. The second-order valence-corrected chi connectivity index (χ2v) is 8.01. The third kappa shape index (κ3) is 1.21. The predicted octanol–water partition coefficient (Wildman–Crippen LogP) is 3.61. The highest BCUT2D eigenvalue weighted by Gasteiger charge is 2.68. The molecule has 1 spiro atoms. The van der Waals surface area contributed by atoms with Gasteiger partial charge in [0.1, 0.15) is 0 Å². The molecule has 0 amide bonds. The van der Waals surface area contributed by atoms with Gasteiger partial charge in [0.05, 0.1) is 5.60 Å². The molecule has 3 rings (SSSR count). The Kier molecular flexibility index (Phi) is 1.98. The summed E-state index contributed by atoms with van der Waals surface area (Å²) in [6.45, 7) is 9.31. The fourth-order valence-corrected chi connectivity index (χ4v) is 5.56. The molecule has 0 aromatic heterocycles. The minimum Gasteiger partial charge on any atom is -0.390 e. The first-order chi connectivity index (χ1) is 7.27. The van der Waals surface area contributed by atoms with Crippen LogP contribution in [0, 0.1) is 28.6 Å². The van der Waals surface area contributed by atoms with E-state index < -0.39 is 0 Å². The van der Waals surface area contributed by atoms with Gasteiger partial charge in [0.25, 0.3) is 0 Å². The summed E-state index contributed by atoms with van der Waals surface area (Å²) in [5.74, 6) is 2.36. The fourth-order valence-electron chi connectivity index (χ4n) is 5.56. The smallest absolute Gasteiger partial charge is 0.0658 e. The summed E-state index contributed by atoms with van der Waals surface area (Å²) in [7, 11) is 0. The van der Waals surface area contributed by atoms with Gasteiger partial charge in [-0.05, 0) is 67.6 Å². The van der Waals surface area contributed by atoms with E-state index in [1.807, 2.05) is 0 Å². The van der Waals surface area contributed by atoms with E-state index in [1.165, 1.54) is 25.7 Å². The molecule has 1 heteroatoms. The molecule has 0 aromatic carbocycles. The summed E-state index contributed by atoms with van der Waals surface area (Å²) >= 11 is 0. The Morgan fingerprint density at radius 3 is 2.44 bits per heavy atom. The lowest BCUT2D eigenvalue weighted by molar-refractivity contribution is -0.237. The Morgan fingerprint density at radius 1 is 1.12 bits per heavy atom. The van der Waals surface area contributed by atoms with Gasteiger partial charge in [-0.1, -0.05) is 20.8 Å². The molecule has 3 saturated carbocycles. The van der Waals surface area contributed by atoms with Gasteiger partial charge < -0.3 is 5.11 Å². The van der Waals surface area contributed by atoms with E-state index in [-0.39, 0.29) is 5.60 Å². The van der Waals surface area contributed by atoms with Crippen LogP contribution < -0.4 is 0 Å². The summed E-state index contributed by atoms with van der Waals surface area (Å²) in [5, 5.41) is 10.5. The summed E-state index contributed by atoms with van der Waals surface area (Å²) < 4.78 is 0. The maximum atomic E-state index is 10.5. The van der Waals surface area contributed by atoms with Crippen LogP contribution in [0.1, 0.15) is 59.8 Å². The Labute approximate surface area is 99.6 Å². The fraction of sp³-hybridized carbons (Fsp3) is 1.00. The molecule has 1 N–H and O–H groups in total. The molecule has 0 unspecified atom stereocenters. The topological polar surface area (TPSA) is 20.2 Å². The standard InChI is InChI=1S/C15H26O/c1-10-5-6-15-9-14(4,16)12(15)8-13(2,3)7-11(10)15/h10-12,16H,5-9H2,1-4H3/t10-,11+,12+,14+,15-/m1/s1. The van der Waals surface area contributed by atoms with Crippen LogP contribution >= 0.6 is 0 Å². The Balaban J connectivity index is 1.96. The first kappa shape index (κ1) is 11.1. The van der Waals surface area contributed by atoms with Gasteiger partial charge in [-0.3, -0.25) is 0 Å². The number of rotatable bonds is 0. The molecule has 3 aliphatic rings. The van der Waals surface area contributed by atoms with Crippen molar-refractivity contribution in [1.82, 2.24) is 0 Å². The molecule has 16 heavy (non-hydrogen) atoms. The van der Waals surface area contributed by atoms with E-state index in [0.717, 1.165) is 18.3 Å². The Bertz CT molecular complexity index is 317. The van der Waals surface area contributed by atoms with E-state index in [9.17, 15) is 5.11 Å². The average molecular weight is 222 g/mol. The molecule has 3 aliphatic carbocycles. The second-order valence-electron chi connectivity index (χ2n) is 8.01. The van der Waals surface area contributed by atoms with Gasteiger partial charge in [0.2, 0.25) is 0 Å². The zero-order valence-electron chi connectivity index (χ0n) is 11.2. The highest BCUT2D eigenvalue weighted by atomic mass is 16.3. The molecular formula is C15H26O. The lowest BCUT2D eigenvalue weighted by atomic mass is 9.40. The number of hydrogen-bond donors (Lipinski definition) is 1. The third-order valence-electron chi connectivity index (χ3n) is 6.15. The molecule has 0 radical (unpaired) electrons. The van der Waals surface area contributed by atoms with Gasteiger partial charge in [-0.2, -0.15) is 0 Å². The Hall–Kier alpha value is -0.0400. The minimum atomic E-state index is -0.361. The SMILES string of the molecule is C[C@@H]1CC[C@]23C[C@](C)(O)[C@@H]2CC(C)(C)C[C@@H]13. The van der Waals surface area contributed by atoms with Crippen molar-refractivity contribution in [1.29, 1.82) is 0 Å². The largest absolute Gasteiger partial charge is 0.390 e. The van der Waals surface area contributed by atoms with Crippen molar-refractivity contribution in [3.8, 4) is 0 Å². The van der Waals surface area contributed by atoms with Gasteiger partial charge >= 0.3 is 0 Å². The van der Waals surface area contributed by atoms with Crippen molar-refractivity contribution in [3.05, 3.63) is 0 Å². The molecule has 1 nitrogen and oxygen atoms in total. The van der Waals surface area contributed by atoms with Crippen LogP contribution in [0.5, 0.6) is 0 Å². The first-order valence-corrected chi connectivity index (χ1v) is 6.99. The Morgan fingerprint density at radius 2 is 1.81 bits per heavy atom. The third-order valence-corrected chi connectivity index (χ3v) is 6.15. The van der Waals surface area contributed by atoms with Crippen LogP contribution in [0.3, 0.4) is 0 Å². The molecule has 0 bridgehead atoms. The molecule has 5 atom stereocenters. The predicted molar refractivity (Wildman–Crippen MR) is 66.1 cm³/mol. The first-order valence-electron chi connectivity index (χ1n) is 6.99. The van der Waals surface area contributed by atoms with Gasteiger partial charge in [-0.15, -0.1) is 0 Å². The molecular weight excluding hydrogens is 196 g/mol. The van der Waals surface area contributed by atoms with E-state index in [0.29, 0.717) is 16.7 Å². The van der Waals surface area contributed by atoms with Crippen LogP contribution in [0.25, 0.3) is 0 Å². The normalized spacial score (nSPS) is 58.7. The lowest BCUT2D eigenvalue weighted by Crippen LogP contribution is -2.65. The van der Waals surface area contributed by atoms with Gasteiger partial charge in [0, 0.05) is 0 Å². The van der Waals surface area contributed by atoms with Crippen LogP contribution in [-0.4, -0.2) is 10.7 Å². The van der Waals surface area contributed by atoms with Crippen molar-refractivity contribution in [2.24, 2.45) is 28.6 Å². The van der Waals surface area contributed by atoms with Gasteiger partial charge in [-0.25, -0.2) is 0 Å². The van der Waals surface area contributed by atoms with Crippen molar-refractivity contribution < 1.29 is 5.11 Å². The van der Waals surface area contributed by atoms with Crippen molar-refractivity contribution in [2.75, 3.05) is 0 Å². The van der Waals surface area contributed by atoms with E-state index in [1.54, 1.807) is 0 Å². The zero-order chi connectivity index (χ0) is 11.8. The van der Waals surface area contributed by atoms with Crippen molar-refractivity contribution >= 4 is 0 Å². The van der Waals surface area contributed by atoms with Gasteiger partial charge in [0.15, 0.2) is 0 Å². The summed E-state index contributed by atoms with van der Waals surface area (Å²) in [4.78, 5) is 0. The molecule has 0 heterocycles.